The molecule has 2 aliphatic carbocycles. The fraction of sp³-hybridized carbons (Fsp3) is 0.524. The van der Waals surface area contributed by atoms with Crippen LogP contribution in [0.1, 0.15) is 50.0 Å². The number of hydrogen-bond donors (Lipinski definition) is 0. The van der Waals surface area contributed by atoms with Crippen molar-refractivity contribution in [2.45, 2.75) is 64.1 Å². The van der Waals surface area contributed by atoms with Crippen molar-refractivity contribution < 1.29 is 14.1 Å². The molecular formula is C21H24N4O3. The second-order valence-corrected chi connectivity index (χ2v) is 8.19. The minimum atomic E-state index is -0.189. The molecule has 3 fully saturated rings. The van der Waals surface area contributed by atoms with E-state index in [1.807, 2.05) is 31.2 Å². The van der Waals surface area contributed by atoms with Crippen LogP contribution in [0.3, 0.4) is 0 Å². The molecule has 1 aliphatic heterocycles. The van der Waals surface area contributed by atoms with Gasteiger partial charge in [-0.2, -0.15) is 4.98 Å². The quantitative estimate of drug-likeness (QED) is 0.811. The van der Waals surface area contributed by atoms with Gasteiger partial charge < -0.3 is 9.42 Å². The van der Waals surface area contributed by atoms with Crippen LogP contribution in [0, 0.1) is 12.8 Å². The number of fused-ring (bicyclic) bond motifs is 1. The minimum absolute atomic E-state index is 0.0272. The van der Waals surface area contributed by atoms with Crippen LogP contribution in [0.25, 0.3) is 11.4 Å². The van der Waals surface area contributed by atoms with E-state index < -0.39 is 0 Å². The molecule has 7 heteroatoms. The molecule has 2 aromatic rings. The van der Waals surface area contributed by atoms with Crippen molar-refractivity contribution in [1.29, 1.82) is 0 Å². The molecule has 0 bridgehead atoms. The molecule has 3 aliphatic rings. The molecule has 7 nitrogen and oxygen atoms in total. The van der Waals surface area contributed by atoms with Crippen LogP contribution in [-0.4, -0.2) is 44.0 Å². The SMILES string of the molecule is Cc1ccc(-c2noc(CN3C(=O)N(C4CC4)C(=O)C4CCCCC43)n2)cc1. The lowest BCUT2D eigenvalue weighted by molar-refractivity contribution is -0.141. The summed E-state index contributed by atoms with van der Waals surface area (Å²) in [5.74, 6) is 0.874. The highest BCUT2D eigenvalue weighted by Crippen LogP contribution is 2.39. The Morgan fingerprint density at radius 1 is 1.07 bits per heavy atom. The maximum atomic E-state index is 13.1. The maximum Gasteiger partial charge on any atom is 0.327 e. The molecule has 1 aromatic carbocycles. The van der Waals surface area contributed by atoms with E-state index in [-0.39, 0.29) is 36.5 Å². The predicted molar refractivity (Wildman–Crippen MR) is 101 cm³/mol. The molecule has 146 valence electrons. The first-order valence-electron chi connectivity index (χ1n) is 10.1. The summed E-state index contributed by atoms with van der Waals surface area (Å²) in [6, 6.07) is 7.76. The highest BCUT2D eigenvalue weighted by Gasteiger charge is 2.51. The van der Waals surface area contributed by atoms with E-state index in [1.165, 1.54) is 10.5 Å². The van der Waals surface area contributed by atoms with E-state index in [2.05, 4.69) is 10.1 Å². The summed E-state index contributed by atoms with van der Waals surface area (Å²) in [7, 11) is 0. The number of urea groups is 1. The van der Waals surface area contributed by atoms with Crippen LogP contribution in [0.2, 0.25) is 0 Å². The number of benzene rings is 1. The van der Waals surface area contributed by atoms with Crippen molar-refractivity contribution >= 4 is 11.9 Å². The van der Waals surface area contributed by atoms with Crippen molar-refractivity contribution in [3.63, 3.8) is 0 Å². The van der Waals surface area contributed by atoms with Gasteiger partial charge in [0.25, 0.3) is 0 Å². The third-order valence-electron chi connectivity index (χ3n) is 6.13. The Hall–Kier alpha value is -2.70. The molecule has 2 saturated carbocycles. The Morgan fingerprint density at radius 2 is 1.82 bits per heavy atom. The van der Waals surface area contributed by atoms with Crippen molar-refractivity contribution in [2.75, 3.05) is 0 Å². The lowest BCUT2D eigenvalue weighted by atomic mass is 9.81. The zero-order valence-corrected chi connectivity index (χ0v) is 16.0. The number of carbonyl (C=O) groups is 2. The zero-order chi connectivity index (χ0) is 19.3. The van der Waals surface area contributed by atoms with E-state index in [4.69, 9.17) is 4.52 Å². The first-order valence-corrected chi connectivity index (χ1v) is 10.1. The van der Waals surface area contributed by atoms with Crippen molar-refractivity contribution in [1.82, 2.24) is 19.9 Å². The van der Waals surface area contributed by atoms with Gasteiger partial charge in [0.1, 0.15) is 6.54 Å². The van der Waals surface area contributed by atoms with Crippen molar-refractivity contribution in [3.8, 4) is 11.4 Å². The molecule has 1 saturated heterocycles. The number of rotatable bonds is 4. The molecule has 28 heavy (non-hydrogen) atoms. The number of nitrogens with zero attached hydrogens (tertiary/aromatic N) is 4. The minimum Gasteiger partial charge on any atom is -0.337 e. The van der Waals surface area contributed by atoms with Crippen LogP contribution in [-0.2, 0) is 11.3 Å². The van der Waals surface area contributed by atoms with Gasteiger partial charge in [0.05, 0.1) is 5.92 Å². The first kappa shape index (κ1) is 17.4. The van der Waals surface area contributed by atoms with Gasteiger partial charge in [-0.3, -0.25) is 9.69 Å². The molecule has 2 heterocycles. The number of aryl methyl sites for hydroxylation is 1. The Bertz CT molecular complexity index is 903. The molecule has 5 rings (SSSR count). The average Bonchev–Trinajstić information content (AvgIpc) is 3.43. The highest BCUT2D eigenvalue weighted by molar-refractivity contribution is 5.99. The number of aromatic nitrogens is 2. The number of amides is 3. The Balaban J connectivity index is 1.40. The van der Waals surface area contributed by atoms with E-state index >= 15 is 0 Å². The van der Waals surface area contributed by atoms with E-state index in [0.717, 1.165) is 44.1 Å². The summed E-state index contributed by atoms with van der Waals surface area (Å²) in [6.07, 6.45) is 5.64. The Morgan fingerprint density at radius 3 is 2.57 bits per heavy atom. The maximum absolute atomic E-state index is 13.1. The molecule has 1 aromatic heterocycles. The van der Waals surface area contributed by atoms with Gasteiger partial charge in [-0.15, -0.1) is 0 Å². The van der Waals surface area contributed by atoms with Crippen LogP contribution < -0.4 is 0 Å². The van der Waals surface area contributed by atoms with Gasteiger partial charge in [-0.05, 0) is 32.6 Å². The summed E-state index contributed by atoms with van der Waals surface area (Å²) in [5.41, 5.74) is 2.05. The van der Waals surface area contributed by atoms with E-state index in [0.29, 0.717) is 11.7 Å². The average molecular weight is 380 g/mol. The van der Waals surface area contributed by atoms with Crippen molar-refractivity contribution in [2.24, 2.45) is 5.92 Å². The third kappa shape index (κ3) is 2.99. The molecule has 2 atom stereocenters. The topological polar surface area (TPSA) is 79.5 Å². The molecule has 0 N–H and O–H groups in total. The Kier molecular flexibility index (Phi) is 4.18. The molecule has 0 radical (unpaired) electrons. The van der Waals surface area contributed by atoms with Gasteiger partial charge in [0.2, 0.25) is 17.6 Å². The first-order chi connectivity index (χ1) is 13.6. The van der Waals surface area contributed by atoms with Crippen molar-refractivity contribution in [3.05, 3.63) is 35.7 Å². The summed E-state index contributed by atoms with van der Waals surface area (Å²) in [5, 5.41) is 4.09. The van der Waals surface area contributed by atoms with Crippen LogP contribution in [0.15, 0.2) is 28.8 Å². The number of hydrogen-bond acceptors (Lipinski definition) is 5. The predicted octanol–water partition coefficient (Wildman–Crippen LogP) is 3.53. The van der Waals surface area contributed by atoms with Gasteiger partial charge in [-0.1, -0.05) is 47.8 Å². The summed E-state index contributed by atoms with van der Waals surface area (Å²) >= 11 is 0. The standard InChI is InChI=1S/C21H24N4O3/c1-13-6-8-14(9-7-13)19-22-18(28-23-19)12-24-17-5-3-2-4-16(17)20(26)25(21(24)27)15-10-11-15/h6-9,15-17H,2-5,10-12H2,1H3. The number of imide groups is 1. The van der Waals surface area contributed by atoms with E-state index in [9.17, 15) is 9.59 Å². The fourth-order valence-electron chi connectivity index (χ4n) is 4.46. The highest BCUT2D eigenvalue weighted by atomic mass is 16.5. The molecule has 0 spiro atoms. The van der Waals surface area contributed by atoms with Crippen LogP contribution >= 0.6 is 0 Å². The Labute approximate surface area is 163 Å². The normalized spacial score (nSPS) is 25.2. The summed E-state index contributed by atoms with van der Waals surface area (Å²) in [4.78, 5) is 33.8. The summed E-state index contributed by atoms with van der Waals surface area (Å²) < 4.78 is 5.46. The monoisotopic (exact) mass is 380 g/mol. The largest absolute Gasteiger partial charge is 0.337 e. The second-order valence-electron chi connectivity index (χ2n) is 8.19. The molecular weight excluding hydrogens is 356 g/mol. The number of carbonyl (C=O) groups excluding carboxylic acids is 2. The van der Waals surface area contributed by atoms with Crippen LogP contribution in [0.4, 0.5) is 4.79 Å². The second kappa shape index (κ2) is 6.72. The zero-order valence-electron chi connectivity index (χ0n) is 16.0. The fourth-order valence-corrected chi connectivity index (χ4v) is 4.46. The molecule has 2 unspecified atom stereocenters. The van der Waals surface area contributed by atoms with Gasteiger partial charge >= 0.3 is 6.03 Å². The van der Waals surface area contributed by atoms with E-state index in [1.54, 1.807) is 4.90 Å². The van der Waals surface area contributed by atoms with Gasteiger partial charge in [0.15, 0.2) is 0 Å². The van der Waals surface area contributed by atoms with Gasteiger partial charge in [-0.25, -0.2) is 4.79 Å². The summed E-state index contributed by atoms with van der Waals surface area (Å²) in [6.45, 7) is 2.29. The third-order valence-corrected chi connectivity index (χ3v) is 6.13. The van der Waals surface area contributed by atoms with Crippen LogP contribution in [0.5, 0.6) is 0 Å². The lowest BCUT2D eigenvalue weighted by Crippen LogP contribution is -2.62. The van der Waals surface area contributed by atoms with Gasteiger partial charge in [0, 0.05) is 17.6 Å². The smallest absolute Gasteiger partial charge is 0.327 e. The molecule has 3 amide bonds. The lowest BCUT2D eigenvalue weighted by Gasteiger charge is -2.46.